The Balaban J connectivity index is 1.63. The Morgan fingerprint density at radius 2 is 2.15 bits per heavy atom. The van der Waals surface area contributed by atoms with Gasteiger partial charge in [-0.3, -0.25) is 14.0 Å². The van der Waals surface area contributed by atoms with Crippen LogP contribution >= 0.6 is 0 Å². The van der Waals surface area contributed by atoms with Crippen LogP contribution in [0, 0.1) is 11.8 Å². The van der Waals surface area contributed by atoms with Crippen LogP contribution in [-0.4, -0.2) is 26.1 Å². The van der Waals surface area contributed by atoms with E-state index in [1.807, 2.05) is 17.4 Å². The minimum atomic E-state index is -0.279. The molecule has 1 aliphatic rings. The van der Waals surface area contributed by atoms with Gasteiger partial charge in [0.1, 0.15) is 17.9 Å². The summed E-state index contributed by atoms with van der Waals surface area (Å²) in [5.74, 6) is 1.62. The fraction of sp³-hybridized carbons (Fsp3) is 0.550. The Morgan fingerprint density at radius 1 is 1.33 bits per heavy atom. The van der Waals surface area contributed by atoms with Gasteiger partial charge >= 0.3 is 0 Å². The molecule has 3 heterocycles. The van der Waals surface area contributed by atoms with E-state index < -0.39 is 0 Å². The van der Waals surface area contributed by atoms with Crippen molar-refractivity contribution in [3.8, 4) is 0 Å². The third kappa shape index (κ3) is 3.05. The van der Waals surface area contributed by atoms with Crippen LogP contribution in [0.5, 0.6) is 0 Å². The molecule has 0 radical (unpaired) electrons. The topological polar surface area (TPSA) is 81.5 Å². The summed E-state index contributed by atoms with van der Waals surface area (Å²) in [4.78, 5) is 25.5. The van der Waals surface area contributed by atoms with Gasteiger partial charge in [0.25, 0.3) is 5.56 Å². The number of nitrogens with one attached hydrogen (secondary N) is 1. The number of fused-ring (bicyclic) bond motifs is 3. The van der Waals surface area contributed by atoms with Crippen LogP contribution in [0.25, 0.3) is 16.6 Å². The smallest absolute Gasteiger partial charge is 0.291 e. The molecule has 1 N–H and O–H groups in total. The lowest BCUT2D eigenvalue weighted by Gasteiger charge is -2.34. The zero-order chi connectivity index (χ0) is 19.1. The van der Waals surface area contributed by atoms with Crippen molar-refractivity contribution < 1.29 is 9.21 Å². The number of hydrogen-bond donors (Lipinski definition) is 1. The van der Waals surface area contributed by atoms with Crippen molar-refractivity contribution in [1.29, 1.82) is 0 Å². The van der Waals surface area contributed by atoms with E-state index in [-0.39, 0.29) is 24.1 Å². The number of amides is 1. The highest BCUT2D eigenvalue weighted by Gasteiger charge is 2.28. The molecule has 3 aromatic heterocycles. The summed E-state index contributed by atoms with van der Waals surface area (Å²) in [5, 5.41) is 7.57. The van der Waals surface area contributed by atoms with Gasteiger partial charge in [0.15, 0.2) is 5.58 Å². The van der Waals surface area contributed by atoms with Crippen molar-refractivity contribution in [1.82, 2.24) is 19.5 Å². The first kappa shape index (κ1) is 17.8. The first-order valence-corrected chi connectivity index (χ1v) is 9.77. The fourth-order valence-electron chi connectivity index (χ4n) is 4.23. The number of hydrogen-bond acceptors (Lipinski definition) is 4. The maximum absolute atomic E-state index is 12.9. The normalized spacial score (nSPS) is 23.1. The van der Waals surface area contributed by atoms with E-state index in [1.165, 1.54) is 11.1 Å². The second-order valence-electron chi connectivity index (χ2n) is 7.71. The predicted octanol–water partition coefficient (Wildman–Crippen LogP) is 2.75. The third-order valence-corrected chi connectivity index (χ3v) is 6.03. The van der Waals surface area contributed by atoms with Crippen LogP contribution in [-0.2, 0) is 17.8 Å². The maximum atomic E-state index is 12.9. The molecule has 1 amide bonds. The van der Waals surface area contributed by atoms with Gasteiger partial charge < -0.3 is 9.73 Å². The predicted molar refractivity (Wildman–Crippen MR) is 103 cm³/mol. The van der Waals surface area contributed by atoms with Crippen LogP contribution in [0.15, 0.2) is 27.6 Å². The standard InChI is InChI=1S/C20H26N4O3/c1-4-18-22-23(11-19(25)21-14-7-5-6-12(2)13(14)3)20(26)16-10-17-15(24(16)18)8-9-27-17/h8-10,12-14H,4-7,11H2,1-3H3,(H,21,25)/t12-,13-,14-/m1/s1. The van der Waals surface area contributed by atoms with E-state index in [9.17, 15) is 9.59 Å². The van der Waals surface area contributed by atoms with Crippen LogP contribution < -0.4 is 10.9 Å². The monoisotopic (exact) mass is 370 g/mol. The number of carbonyl (C=O) groups excluding carboxylic acids is 1. The largest absolute Gasteiger partial charge is 0.463 e. The average Bonchev–Trinajstić information content (AvgIpc) is 3.23. The van der Waals surface area contributed by atoms with E-state index in [4.69, 9.17) is 4.42 Å². The minimum Gasteiger partial charge on any atom is -0.463 e. The Kier molecular flexibility index (Phi) is 4.53. The summed E-state index contributed by atoms with van der Waals surface area (Å²) in [6.45, 7) is 6.34. The van der Waals surface area contributed by atoms with Gasteiger partial charge in [0.05, 0.1) is 11.8 Å². The fourth-order valence-corrected chi connectivity index (χ4v) is 4.23. The van der Waals surface area contributed by atoms with Gasteiger partial charge in [0.2, 0.25) is 5.91 Å². The highest BCUT2D eigenvalue weighted by atomic mass is 16.3. The molecule has 7 heteroatoms. The van der Waals surface area contributed by atoms with Gasteiger partial charge in [0, 0.05) is 24.6 Å². The highest BCUT2D eigenvalue weighted by Crippen LogP contribution is 2.29. The lowest BCUT2D eigenvalue weighted by atomic mass is 9.78. The SMILES string of the molecule is CCc1nn(CC(=O)N[C@@H]2CCC[C@@H](C)[C@H]2C)c(=O)c2cc3occc3n12. The van der Waals surface area contributed by atoms with Crippen molar-refractivity contribution >= 4 is 22.5 Å². The van der Waals surface area contributed by atoms with Crippen molar-refractivity contribution in [2.45, 2.75) is 59.0 Å². The lowest BCUT2D eigenvalue weighted by molar-refractivity contribution is -0.123. The number of aromatic nitrogens is 3. The van der Waals surface area contributed by atoms with Gasteiger partial charge in [-0.05, 0) is 18.3 Å². The second kappa shape index (κ2) is 6.87. The Morgan fingerprint density at radius 3 is 2.93 bits per heavy atom. The van der Waals surface area contributed by atoms with Gasteiger partial charge in [-0.25, -0.2) is 4.68 Å². The Bertz CT molecular complexity index is 1040. The molecule has 1 aliphatic carbocycles. The molecular weight excluding hydrogens is 344 g/mol. The number of carbonyl (C=O) groups is 1. The molecule has 3 atom stereocenters. The molecule has 0 bridgehead atoms. The summed E-state index contributed by atoms with van der Waals surface area (Å²) in [7, 11) is 0. The summed E-state index contributed by atoms with van der Waals surface area (Å²) in [6.07, 6.45) is 5.57. The summed E-state index contributed by atoms with van der Waals surface area (Å²) >= 11 is 0. The average molecular weight is 370 g/mol. The van der Waals surface area contributed by atoms with E-state index in [2.05, 4.69) is 24.3 Å². The summed E-state index contributed by atoms with van der Waals surface area (Å²) in [6, 6.07) is 3.71. The van der Waals surface area contributed by atoms with Crippen molar-refractivity contribution in [3.63, 3.8) is 0 Å². The first-order chi connectivity index (χ1) is 13.0. The van der Waals surface area contributed by atoms with Crippen LogP contribution in [0.3, 0.4) is 0 Å². The van der Waals surface area contributed by atoms with E-state index in [1.54, 1.807) is 12.3 Å². The molecule has 4 rings (SSSR count). The molecule has 144 valence electrons. The molecule has 0 spiro atoms. The first-order valence-electron chi connectivity index (χ1n) is 9.77. The molecule has 27 heavy (non-hydrogen) atoms. The van der Waals surface area contributed by atoms with Crippen LogP contribution in [0.4, 0.5) is 0 Å². The van der Waals surface area contributed by atoms with E-state index in [0.29, 0.717) is 29.4 Å². The third-order valence-electron chi connectivity index (χ3n) is 6.03. The lowest BCUT2D eigenvalue weighted by Crippen LogP contribution is -2.46. The highest BCUT2D eigenvalue weighted by molar-refractivity contribution is 5.82. The maximum Gasteiger partial charge on any atom is 0.291 e. The number of aryl methyl sites for hydroxylation is 1. The van der Waals surface area contributed by atoms with Gasteiger partial charge in [-0.2, -0.15) is 5.10 Å². The van der Waals surface area contributed by atoms with Crippen molar-refractivity contribution in [2.24, 2.45) is 11.8 Å². The number of nitrogens with zero attached hydrogens (tertiary/aromatic N) is 3. The van der Waals surface area contributed by atoms with Crippen molar-refractivity contribution in [2.75, 3.05) is 0 Å². The molecule has 0 aromatic carbocycles. The number of furan rings is 1. The Hall–Kier alpha value is -2.57. The molecule has 0 aliphatic heterocycles. The van der Waals surface area contributed by atoms with E-state index in [0.717, 1.165) is 24.2 Å². The summed E-state index contributed by atoms with van der Waals surface area (Å²) in [5.41, 5.74) is 1.69. The zero-order valence-corrected chi connectivity index (χ0v) is 16.1. The van der Waals surface area contributed by atoms with E-state index >= 15 is 0 Å². The molecule has 7 nitrogen and oxygen atoms in total. The molecule has 0 unspecified atom stereocenters. The van der Waals surface area contributed by atoms with Crippen molar-refractivity contribution in [3.05, 3.63) is 34.6 Å². The van der Waals surface area contributed by atoms with Gasteiger partial charge in [-0.1, -0.05) is 33.6 Å². The quantitative estimate of drug-likeness (QED) is 0.766. The van der Waals surface area contributed by atoms with Gasteiger partial charge in [-0.15, -0.1) is 0 Å². The minimum absolute atomic E-state index is 0.0630. The molecule has 1 saturated carbocycles. The van der Waals surface area contributed by atoms with Crippen LogP contribution in [0.1, 0.15) is 45.9 Å². The number of rotatable bonds is 4. The molecule has 1 fully saturated rings. The zero-order valence-electron chi connectivity index (χ0n) is 16.1. The molecule has 0 saturated heterocycles. The second-order valence-corrected chi connectivity index (χ2v) is 7.71. The molecule has 3 aromatic rings. The summed E-state index contributed by atoms with van der Waals surface area (Å²) < 4.78 is 8.52. The Labute approximate surface area is 157 Å². The molecular formula is C20H26N4O3. The van der Waals surface area contributed by atoms with Crippen LogP contribution in [0.2, 0.25) is 0 Å².